The molecule has 1 aromatic carbocycles. The molecule has 1 N–H and O–H groups in total. The Morgan fingerprint density at radius 2 is 1.95 bits per heavy atom. The Morgan fingerprint density at radius 1 is 1.20 bits per heavy atom. The number of rotatable bonds is 7. The zero-order valence-electron chi connectivity index (χ0n) is 12.5. The first-order valence-corrected chi connectivity index (χ1v) is 7.23. The summed E-state index contributed by atoms with van der Waals surface area (Å²) in [6.07, 6.45) is 4.10. The first kappa shape index (κ1) is 14.6. The minimum absolute atomic E-state index is 0.689. The summed E-state index contributed by atoms with van der Waals surface area (Å²) >= 11 is 0. The Morgan fingerprint density at radius 3 is 2.55 bits per heavy atom. The van der Waals surface area contributed by atoms with Crippen molar-refractivity contribution in [3.63, 3.8) is 0 Å². The molecule has 1 heterocycles. The van der Waals surface area contributed by atoms with E-state index < -0.39 is 0 Å². The topological polar surface area (TPSA) is 39.1 Å². The van der Waals surface area contributed by atoms with Crippen LogP contribution in [0.2, 0.25) is 0 Å². The third-order valence-corrected chi connectivity index (χ3v) is 3.20. The van der Waals surface area contributed by atoms with Crippen molar-refractivity contribution in [1.82, 2.24) is 15.1 Å². The molecule has 0 saturated carbocycles. The smallest absolute Gasteiger partial charge is 0.119 e. The molecule has 1 aromatic heterocycles. The van der Waals surface area contributed by atoms with Crippen molar-refractivity contribution in [2.24, 2.45) is 0 Å². The van der Waals surface area contributed by atoms with Crippen molar-refractivity contribution < 1.29 is 4.74 Å². The highest BCUT2D eigenvalue weighted by atomic mass is 16.5. The van der Waals surface area contributed by atoms with Gasteiger partial charge in [0.2, 0.25) is 0 Å². The van der Waals surface area contributed by atoms with Crippen LogP contribution in [0.3, 0.4) is 0 Å². The third-order valence-electron chi connectivity index (χ3n) is 3.20. The molecule has 0 unspecified atom stereocenters. The molecule has 0 aliphatic rings. The van der Waals surface area contributed by atoms with Crippen molar-refractivity contribution in [2.45, 2.75) is 33.2 Å². The Bertz CT molecular complexity index is 531. The van der Waals surface area contributed by atoms with E-state index in [9.17, 15) is 0 Å². The van der Waals surface area contributed by atoms with Crippen LogP contribution in [0.15, 0.2) is 30.5 Å². The lowest BCUT2D eigenvalue weighted by Crippen LogP contribution is -2.09. The summed E-state index contributed by atoms with van der Waals surface area (Å²) in [4.78, 5) is 0. The molecule has 0 aliphatic heterocycles. The van der Waals surface area contributed by atoms with E-state index in [1.807, 2.05) is 37.0 Å². The lowest BCUT2D eigenvalue weighted by molar-refractivity contribution is 0.340. The summed E-state index contributed by atoms with van der Waals surface area (Å²) in [6.45, 7) is 5.73. The zero-order chi connectivity index (χ0) is 14.4. The normalized spacial score (nSPS) is 10.8. The number of aromatic nitrogens is 2. The number of hydrogen-bond acceptors (Lipinski definition) is 3. The summed E-state index contributed by atoms with van der Waals surface area (Å²) in [5.74, 6) is 0.899. The Kier molecular flexibility index (Phi) is 5.18. The van der Waals surface area contributed by atoms with Crippen LogP contribution >= 0.6 is 0 Å². The van der Waals surface area contributed by atoms with Gasteiger partial charge in [0.25, 0.3) is 0 Å². The van der Waals surface area contributed by atoms with Crippen molar-refractivity contribution in [1.29, 1.82) is 0 Å². The van der Waals surface area contributed by atoms with E-state index >= 15 is 0 Å². The molecule has 0 fully saturated rings. The first-order chi connectivity index (χ1) is 9.80. The van der Waals surface area contributed by atoms with Gasteiger partial charge < -0.3 is 10.1 Å². The highest BCUT2D eigenvalue weighted by molar-refractivity contribution is 5.39. The van der Waals surface area contributed by atoms with Gasteiger partial charge in [-0.25, -0.2) is 4.68 Å². The van der Waals surface area contributed by atoms with Gasteiger partial charge in [-0.2, -0.15) is 5.10 Å². The van der Waals surface area contributed by atoms with Gasteiger partial charge in [-0.3, -0.25) is 0 Å². The standard InChI is InChI=1S/C16H23N3O/c1-4-6-16-13(11-17-3)12-18-19(16)14-7-9-15(10-8-14)20-5-2/h7-10,12,17H,4-6,11H2,1-3H3. The number of hydrogen-bond donors (Lipinski definition) is 1. The quantitative estimate of drug-likeness (QED) is 0.843. The van der Waals surface area contributed by atoms with Gasteiger partial charge >= 0.3 is 0 Å². The van der Waals surface area contributed by atoms with Crippen molar-refractivity contribution >= 4 is 0 Å². The van der Waals surface area contributed by atoms with E-state index in [2.05, 4.69) is 29.5 Å². The number of nitrogens with zero attached hydrogens (tertiary/aromatic N) is 2. The first-order valence-electron chi connectivity index (χ1n) is 7.23. The average Bonchev–Trinajstić information content (AvgIpc) is 2.84. The largest absolute Gasteiger partial charge is 0.494 e. The molecule has 0 saturated heterocycles. The van der Waals surface area contributed by atoms with E-state index in [1.165, 1.54) is 11.3 Å². The molecule has 0 atom stereocenters. The molecule has 0 amide bonds. The van der Waals surface area contributed by atoms with Gasteiger partial charge in [-0.05, 0) is 44.7 Å². The third kappa shape index (κ3) is 3.20. The SMILES string of the molecule is CCCc1c(CNC)cnn1-c1ccc(OCC)cc1. The minimum Gasteiger partial charge on any atom is -0.494 e. The van der Waals surface area contributed by atoms with Gasteiger partial charge in [0.1, 0.15) is 5.75 Å². The minimum atomic E-state index is 0.689. The molecule has 0 spiro atoms. The van der Waals surface area contributed by atoms with Crippen LogP contribution in [-0.2, 0) is 13.0 Å². The van der Waals surface area contributed by atoms with Crippen LogP contribution in [-0.4, -0.2) is 23.4 Å². The predicted octanol–water partition coefficient (Wildman–Crippen LogP) is 2.94. The molecular weight excluding hydrogens is 250 g/mol. The molecule has 20 heavy (non-hydrogen) atoms. The average molecular weight is 273 g/mol. The fourth-order valence-electron chi connectivity index (χ4n) is 2.32. The highest BCUT2D eigenvalue weighted by Crippen LogP contribution is 2.19. The van der Waals surface area contributed by atoms with Crippen LogP contribution < -0.4 is 10.1 Å². The van der Waals surface area contributed by atoms with Crippen LogP contribution in [0, 0.1) is 0 Å². The van der Waals surface area contributed by atoms with Gasteiger partial charge in [0, 0.05) is 17.8 Å². The fourth-order valence-corrected chi connectivity index (χ4v) is 2.32. The monoisotopic (exact) mass is 273 g/mol. The van der Waals surface area contributed by atoms with Gasteiger partial charge in [0.05, 0.1) is 18.5 Å². The van der Waals surface area contributed by atoms with Crippen molar-refractivity contribution in [2.75, 3.05) is 13.7 Å². The van der Waals surface area contributed by atoms with Gasteiger partial charge in [-0.15, -0.1) is 0 Å². The maximum absolute atomic E-state index is 5.48. The summed E-state index contributed by atoms with van der Waals surface area (Å²) in [6, 6.07) is 8.10. The van der Waals surface area contributed by atoms with E-state index in [0.29, 0.717) is 6.61 Å². The van der Waals surface area contributed by atoms with E-state index in [-0.39, 0.29) is 0 Å². The second kappa shape index (κ2) is 7.10. The summed E-state index contributed by atoms with van der Waals surface area (Å²) in [5.41, 5.74) is 3.63. The molecule has 4 nitrogen and oxygen atoms in total. The summed E-state index contributed by atoms with van der Waals surface area (Å²) < 4.78 is 7.51. The second-order valence-electron chi connectivity index (χ2n) is 4.74. The van der Waals surface area contributed by atoms with Gasteiger partial charge in [0.15, 0.2) is 0 Å². The lowest BCUT2D eigenvalue weighted by Gasteiger charge is -2.10. The maximum atomic E-state index is 5.48. The molecule has 2 aromatic rings. The summed E-state index contributed by atoms with van der Waals surface area (Å²) in [5, 5.41) is 7.74. The van der Waals surface area contributed by atoms with Crippen molar-refractivity contribution in [3.8, 4) is 11.4 Å². The van der Waals surface area contributed by atoms with Crippen LogP contribution in [0.5, 0.6) is 5.75 Å². The maximum Gasteiger partial charge on any atom is 0.119 e. The lowest BCUT2D eigenvalue weighted by atomic mass is 10.1. The Hall–Kier alpha value is -1.81. The van der Waals surface area contributed by atoms with Gasteiger partial charge in [-0.1, -0.05) is 13.3 Å². The molecule has 0 aliphatic carbocycles. The van der Waals surface area contributed by atoms with E-state index in [1.54, 1.807) is 0 Å². The fraction of sp³-hybridized carbons (Fsp3) is 0.438. The number of nitrogens with one attached hydrogen (secondary N) is 1. The zero-order valence-corrected chi connectivity index (χ0v) is 12.5. The number of benzene rings is 1. The second-order valence-corrected chi connectivity index (χ2v) is 4.74. The Labute approximate surface area is 120 Å². The highest BCUT2D eigenvalue weighted by Gasteiger charge is 2.11. The molecule has 0 bridgehead atoms. The molecule has 2 rings (SSSR count). The van der Waals surface area contributed by atoms with Crippen LogP contribution in [0.4, 0.5) is 0 Å². The Balaban J connectivity index is 2.31. The number of ether oxygens (including phenoxy) is 1. The van der Waals surface area contributed by atoms with E-state index in [4.69, 9.17) is 4.74 Å². The van der Waals surface area contributed by atoms with Crippen molar-refractivity contribution in [3.05, 3.63) is 41.7 Å². The van der Waals surface area contributed by atoms with E-state index in [0.717, 1.165) is 30.8 Å². The van der Waals surface area contributed by atoms with Crippen LogP contribution in [0.1, 0.15) is 31.5 Å². The molecule has 4 heteroatoms. The molecular formula is C16H23N3O. The summed E-state index contributed by atoms with van der Waals surface area (Å²) in [7, 11) is 1.96. The predicted molar refractivity (Wildman–Crippen MR) is 81.5 cm³/mol. The molecule has 0 radical (unpaired) electrons. The molecule has 108 valence electrons. The van der Waals surface area contributed by atoms with Crippen LogP contribution in [0.25, 0.3) is 5.69 Å².